The third kappa shape index (κ3) is 4.15. The number of aryl methyl sites for hydroxylation is 1. The Labute approximate surface area is 194 Å². The lowest BCUT2D eigenvalue weighted by Gasteiger charge is -2.33. The Morgan fingerprint density at radius 3 is 2.76 bits per heavy atom. The van der Waals surface area contributed by atoms with Crippen LogP contribution in [-0.2, 0) is 6.54 Å². The highest BCUT2D eigenvalue weighted by Crippen LogP contribution is 2.34. The summed E-state index contributed by atoms with van der Waals surface area (Å²) in [7, 11) is 1.54. The van der Waals surface area contributed by atoms with Gasteiger partial charge in [-0.1, -0.05) is 0 Å². The molecule has 34 heavy (non-hydrogen) atoms. The largest absolute Gasteiger partial charge is 0.479 e. The van der Waals surface area contributed by atoms with E-state index in [4.69, 9.17) is 4.74 Å². The second kappa shape index (κ2) is 8.46. The zero-order valence-corrected chi connectivity index (χ0v) is 19.3. The second-order valence-electron chi connectivity index (χ2n) is 9.11. The summed E-state index contributed by atoms with van der Waals surface area (Å²) in [5.74, 6) is 1.32. The first-order valence-corrected chi connectivity index (χ1v) is 11.3. The van der Waals surface area contributed by atoms with Crippen LogP contribution in [0.3, 0.4) is 0 Å². The summed E-state index contributed by atoms with van der Waals surface area (Å²) in [5.41, 5.74) is 2.50. The van der Waals surface area contributed by atoms with Crippen LogP contribution in [0.15, 0.2) is 24.5 Å². The summed E-state index contributed by atoms with van der Waals surface area (Å²) >= 11 is 0. The van der Waals surface area contributed by atoms with E-state index in [0.717, 1.165) is 36.8 Å². The number of methoxy groups -OCH3 is 1. The van der Waals surface area contributed by atoms with Crippen molar-refractivity contribution in [3.05, 3.63) is 30.4 Å². The van der Waals surface area contributed by atoms with E-state index in [2.05, 4.69) is 25.4 Å². The molecule has 1 aliphatic rings. The Balaban J connectivity index is 1.51. The average Bonchev–Trinajstić information content (AvgIpc) is 3.35. The molecule has 0 spiro atoms. The Kier molecular flexibility index (Phi) is 5.59. The van der Waals surface area contributed by atoms with Crippen molar-refractivity contribution in [3.63, 3.8) is 0 Å². The predicted octanol–water partition coefficient (Wildman–Crippen LogP) is 3.83. The van der Waals surface area contributed by atoms with Crippen molar-refractivity contribution < 1.29 is 18.6 Å². The maximum absolute atomic E-state index is 13.1. The number of nitrogens with one attached hydrogen (secondary N) is 1. The lowest BCUT2D eigenvalue weighted by Crippen LogP contribution is -2.36. The fraction of sp³-hybridized carbons (Fsp3) is 0.478. The molecule has 4 aromatic rings. The monoisotopic (exact) mass is 471 g/mol. The smallest absolute Gasteiger partial charge is 0.256 e. The van der Waals surface area contributed by atoms with Gasteiger partial charge in [0.1, 0.15) is 11.3 Å². The molecule has 9 nitrogen and oxygen atoms in total. The van der Waals surface area contributed by atoms with E-state index in [1.165, 1.54) is 4.57 Å². The van der Waals surface area contributed by atoms with Crippen LogP contribution in [0.4, 0.5) is 14.7 Å². The van der Waals surface area contributed by atoms with Crippen LogP contribution in [0.25, 0.3) is 27.8 Å². The van der Waals surface area contributed by atoms with Crippen LogP contribution in [0, 0.1) is 6.92 Å². The molecule has 0 aromatic carbocycles. The molecule has 1 fully saturated rings. The van der Waals surface area contributed by atoms with Gasteiger partial charge in [0.05, 0.1) is 24.8 Å². The number of ether oxygens (including phenoxy) is 1. The molecule has 11 heteroatoms. The van der Waals surface area contributed by atoms with Crippen molar-refractivity contribution in [2.45, 2.75) is 64.1 Å². The zero-order valence-electron chi connectivity index (χ0n) is 19.3. The van der Waals surface area contributed by atoms with E-state index < -0.39 is 18.6 Å². The molecule has 1 aliphatic carbocycles. The molecule has 0 amide bonds. The van der Waals surface area contributed by atoms with Gasteiger partial charge in [-0.2, -0.15) is 4.98 Å². The molecular formula is C23H27F2N7O2. The van der Waals surface area contributed by atoms with Crippen LogP contribution < -0.4 is 10.1 Å². The minimum atomic E-state index is -2.50. The number of rotatable bonds is 6. The SMILES string of the molecule is COc1nc(NC2CCC(C)(O)CC2)nn2ccc(-c3cnc4nc(C)n(CC(F)F)c4c3)c12. The summed E-state index contributed by atoms with van der Waals surface area (Å²) in [6, 6.07) is 3.85. The number of alkyl halides is 2. The number of aliphatic hydroxyl groups is 1. The number of pyridine rings is 1. The van der Waals surface area contributed by atoms with Gasteiger partial charge >= 0.3 is 0 Å². The Bertz CT molecular complexity index is 1340. The van der Waals surface area contributed by atoms with Crippen LogP contribution in [0.5, 0.6) is 5.88 Å². The molecule has 0 radical (unpaired) electrons. The molecule has 0 atom stereocenters. The molecule has 0 saturated heterocycles. The number of fused-ring (bicyclic) bond motifs is 2. The van der Waals surface area contributed by atoms with Crippen molar-refractivity contribution in [1.29, 1.82) is 0 Å². The maximum atomic E-state index is 13.1. The molecule has 5 rings (SSSR count). The second-order valence-corrected chi connectivity index (χ2v) is 9.11. The van der Waals surface area contributed by atoms with Crippen molar-refractivity contribution in [3.8, 4) is 17.0 Å². The zero-order chi connectivity index (χ0) is 24.0. The van der Waals surface area contributed by atoms with Gasteiger partial charge in [0.25, 0.3) is 6.43 Å². The molecule has 4 heterocycles. The fourth-order valence-corrected chi connectivity index (χ4v) is 4.63. The summed E-state index contributed by atoms with van der Waals surface area (Å²) in [4.78, 5) is 13.3. The van der Waals surface area contributed by atoms with Crippen molar-refractivity contribution in [2.24, 2.45) is 0 Å². The van der Waals surface area contributed by atoms with Crippen LogP contribution in [-0.4, -0.2) is 59.4 Å². The van der Waals surface area contributed by atoms with Crippen LogP contribution in [0.2, 0.25) is 0 Å². The summed E-state index contributed by atoms with van der Waals surface area (Å²) < 4.78 is 35.0. The third-order valence-corrected chi connectivity index (χ3v) is 6.50. The molecule has 180 valence electrons. The highest BCUT2D eigenvalue weighted by atomic mass is 19.3. The quantitative estimate of drug-likeness (QED) is 0.441. The Morgan fingerprint density at radius 1 is 1.29 bits per heavy atom. The number of halogens is 2. The molecule has 0 bridgehead atoms. The Morgan fingerprint density at radius 2 is 2.06 bits per heavy atom. The lowest BCUT2D eigenvalue weighted by molar-refractivity contribution is 0.0195. The fourth-order valence-electron chi connectivity index (χ4n) is 4.63. The first-order chi connectivity index (χ1) is 16.2. The normalized spacial score (nSPS) is 21.0. The predicted molar refractivity (Wildman–Crippen MR) is 123 cm³/mol. The van der Waals surface area contributed by atoms with Gasteiger partial charge in [0.2, 0.25) is 11.8 Å². The number of anilines is 1. The van der Waals surface area contributed by atoms with Gasteiger partial charge in [-0.05, 0) is 51.7 Å². The molecule has 1 saturated carbocycles. The molecule has 0 unspecified atom stereocenters. The molecular weight excluding hydrogens is 444 g/mol. The highest BCUT2D eigenvalue weighted by molar-refractivity contribution is 5.88. The highest BCUT2D eigenvalue weighted by Gasteiger charge is 2.29. The van der Waals surface area contributed by atoms with E-state index in [1.54, 1.807) is 37.0 Å². The number of imidazole rings is 1. The molecule has 0 aliphatic heterocycles. The number of hydrogen-bond acceptors (Lipinski definition) is 7. The summed E-state index contributed by atoms with van der Waals surface area (Å²) in [6.45, 7) is 3.11. The van der Waals surface area contributed by atoms with Crippen LogP contribution in [0.1, 0.15) is 38.4 Å². The van der Waals surface area contributed by atoms with E-state index >= 15 is 0 Å². The standard InChI is InChI=1S/C23H27F2N7O2/c1-13-27-20-17(31(13)12-18(24)25)10-14(11-26-20)16-6-9-32-19(16)21(34-3)29-22(30-32)28-15-4-7-23(2,33)8-5-15/h6,9-11,15,18,33H,4-5,7-8,12H2,1-3H3,(H,28,30). The number of nitrogens with zero attached hydrogens (tertiary/aromatic N) is 6. The van der Waals surface area contributed by atoms with Crippen molar-refractivity contribution >= 4 is 22.6 Å². The first-order valence-electron chi connectivity index (χ1n) is 11.3. The van der Waals surface area contributed by atoms with E-state index in [1.807, 2.05) is 13.0 Å². The van der Waals surface area contributed by atoms with Gasteiger partial charge < -0.3 is 19.7 Å². The molecule has 2 N–H and O–H groups in total. The van der Waals surface area contributed by atoms with Gasteiger partial charge in [0, 0.05) is 29.6 Å². The number of hydrogen-bond donors (Lipinski definition) is 2. The van der Waals surface area contributed by atoms with E-state index in [0.29, 0.717) is 34.3 Å². The van der Waals surface area contributed by atoms with Crippen LogP contribution >= 0.6 is 0 Å². The van der Waals surface area contributed by atoms with Crippen molar-refractivity contribution in [2.75, 3.05) is 12.4 Å². The summed E-state index contributed by atoms with van der Waals surface area (Å²) in [6.07, 6.45) is 4.05. The summed E-state index contributed by atoms with van der Waals surface area (Å²) in [5, 5.41) is 18.1. The minimum Gasteiger partial charge on any atom is -0.479 e. The van der Waals surface area contributed by atoms with Gasteiger partial charge in [0.15, 0.2) is 5.65 Å². The van der Waals surface area contributed by atoms with Gasteiger partial charge in [-0.3, -0.25) is 0 Å². The third-order valence-electron chi connectivity index (χ3n) is 6.50. The van der Waals surface area contributed by atoms with Crippen molar-refractivity contribution in [1.82, 2.24) is 29.1 Å². The first kappa shape index (κ1) is 22.5. The van der Waals surface area contributed by atoms with Gasteiger partial charge in [-0.25, -0.2) is 23.3 Å². The number of aromatic nitrogens is 6. The average molecular weight is 472 g/mol. The Hall–Kier alpha value is -3.34. The van der Waals surface area contributed by atoms with E-state index in [9.17, 15) is 13.9 Å². The topological polar surface area (TPSA) is 102 Å². The lowest BCUT2D eigenvalue weighted by atomic mass is 9.84. The maximum Gasteiger partial charge on any atom is 0.256 e. The van der Waals surface area contributed by atoms with E-state index in [-0.39, 0.29) is 6.04 Å². The minimum absolute atomic E-state index is 0.169. The molecule has 4 aromatic heterocycles. The van der Waals surface area contributed by atoms with Gasteiger partial charge in [-0.15, -0.1) is 5.10 Å².